The highest BCUT2D eigenvalue weighted by molar-refractivity contribution is 6.37. The van der Waals surface area contributed by atoms with E-state index >= 15 is 0 Å². The number of hydrogen-bond donors (Lipinski definition) is 3. The number of carboxylic acid groups (broad SMARTS) is 1. The Morgan fingerprint density at radius 1 is 1.07 bits per heavy atom. The van der Waals surface area contributed by atoms with Crippen LogP contribution in [0.4, 0.5) is 4.79 Å². The van der Waals surface area contributed by atoms with Crippen molar-refractivity contribution in [3.8, 4) is 17.2 Å². The topological polar surface area (TPSA) is 130 Å². The fourth-order valence-corrected chi connectivity index (χ4v) is 6.06. The molecule has 248 valence electrons. The van der Waals surface area contributed by atoms with Crippen molar-refractivity contribution in [3.63, 3.8) is 0 Å². The monoisotopic (exact) mass is 693 g/mol. The first-order chi connectivity index (χ1) is 22.0. The normalized spacial score (nSPS) is 14.0. The van der Waals surface area contributed by atoms with Crippen molar-refractivity contribution in [2.45, 2.75) is 58.2 Å². The Morgan fingerprint density at radius 2 is 1.72 bits per heavy atom. The van der Waals surface area contributed by atoms with Crippen LogP contribution in [0.15, 0.2) is 42.6 Å². The molecule has 0 saturated heterocycles. The molecule has 2 atom stereocenters. The Bertz CT molecular complexity index is 1490. The van der Waals surface area contributed by atoms with Crippen LogP contribution in [0, 0.1) is 12.8 Å². The fraction of sp³-hybridized carbons (Fsp3) is 0.424. The summed E-state index contributed by atoms with van der Waals surface area (Å²) in [7, 11) is 1.54. The maximum atomic E-state index is 14.0. The first-order valence-electron chi connectivity index (χ1n) is 15.0. The number of aromatic nitrogens is 1. The molecule has 1 saturated carbocycles. The van der Waals surface area contributed by atoms with E-state index in [4.69, 9.17) is 49.0 Å². The lowest BCUT2D eigenvalue weighted by Crippen LogP contribution is -2.43. The second kappa shape index (κ2) is 16.4. The first-order valence-corrected chi connectivity index (χ1v) is 16.1. The van der Waals surface area contributed by atoms with Crippen LogP contribution >= 0.6 is 34.8 Å². The van der Waals surface area contributed by atoms with E-state index in [0.717, 1.165) is 24.0 Å². The summed E-state index contributed by atoms with van der Waals surface area (Å²) < 4.78 is 17.0. The molecule has 0 radical (unpaired) electrons. The number of halogens is 3. The molecule has 2 aromatic carbocycles. The number of benzene rings is 2. The van der Waals surface area contributed by atoms with Gasteiger partial charge in [-0.3, -0.25) is 9.78 Å². The SMILES string of the molecule is CCC(OC)c1ncc(Cl)c(CN(C(=O)C(CNC(=O)O)Cc2ccc(OCCOc3c(Cl)cc(C)cc3Cl)cc2)C2CC2)c1O. The van der Waals surface area contributed by atoms with Gasteiger partial charge in [0.25, 0.3) is 0 Å². The zero-order chi connectivity index (χ0) is 33.4. The fourth-order valence-electron chi connectivity index (χ4n) is 5.16. The van der Waals surface area contributed by atoms with Gasteiger partial charge in [0.15, 0.2) is 5.75 Å². The summed E-state index contributed by atoms with van der Waals surface area (Å²) in [6.45, 7) is 4.25. The number of carbonyl (C=O) groups is 2. The molecule has 2 unspecified atom stereocenters. The zero-order valence-corrected chi connectivity index (χ0v) is 28.2. The number of aromatic hydroxyl groups is 1. The van der Waals surface area contributed by atoms with Crippen molar-refractivity contribution < 1.29 is 34.0 Å². The molecule has 3 aromatic rings. The van der Waals surface area contributed by atoms with Crippen molar-refractivity contribution >= 4 is 46.8 Å². The average Bonchev–Trinajstić information content (AvgIpc) is 3.86. The minimum Gasteiger partial charge on any atom is -0.506 e. The highest BCUT2D eigenvalue weighted by Gasteiger charge is 2.37. The number of nitrogens with one attached hydrogen (secondary N) is 1. The largest absolute Gasteiger partial charge is 0.506 e. The van der Waals surface area contributed by atoms with Crippen molar-refractivity contribution in [1.82, 2.24) is 15.2 Å². The molecule has 13 heteroatoms. The Morgan fingerprint density at radius 3 is 2.30 bits per heavy atom. The van der Waals surface area contributed by atoms with E-state index in [-0.39, 0.29) is 55.4 Å². The summed E-state index contributed by atoms with van der Waals surface area (Å²) in [6.07, 6.45) is 2.26. The molecule has 2 amide bonds. The molecule has 1 aliphatic rings. The average molecular weight is 695 g/mol. The van der Waals surface area contributed by atoms with E-state index in [1.165, 1.54) is 13.3 Å². The van der Waals surface area contributed by atoms with Crippen LogP contribution < -0.4 is 14.8 Å². The zero-order valence-electron chi connectivity index (χ0n) is 25.9. The van der Waals surface area contributed by atoms with Crippen LogP contribution in [0.3, 0.4) is 0 Å². The van der Waals surface area contributed by atoms with Gasteiger partial charge in [0.1, 0.15) is 36.5 Å². The number of carbonyl (C=O) groups excluding carboxylic acids is 1. The standard InChI is InChI=1S/C33H38Cl3N3O7/c1-4-28(44-3)29-30(40)24(27(36)17-37-29)18-39(22-7-8-22)32(41)21(16-38-33(42)43)15-20-5-9-23(10-6-20)45-11-12-46-31-25(34)13-19(2)14-26(31)35/h5-6,9-10,13-14,17,21-22,28,38,40H,4,7-8,11-12,15-16,18H2,1-3H3,(H,42,43). The minimum absolute atomic E-state index is 0.0426. The molecule has 0 spiro atoms. The number of ether oxygens (including phenoxy) is 3. The molecule has 4 rings (SSSR count). The minimum atomic E-state index is -1.22. The number of aryl methyl sites for hydroxylation is 1. The Hall–Kier alpha value is -3.44. The lowest BCUT2D eigenvalue weighted by atomic mass is 9.97. The van der Waals surface area contributed by atoms with Gasteiger partial charge >= 0.3 is 6.09 Å². The molecule has 1 aromatic heterocycles. The van der Waals surface area contributed by atoms with E-state index in [2.05, 4.69) is 10.3 Å². The third-order valence-corrected chi connectivity index (χ3v) is 8.58. The van der Waals surface area contributed by atoms with E-state index in [0.29, 0.717) is 39.2 Å². The van der Waals surface area contributed by atoms with Gasteiger partial charge in [-0.25, -0.2) is 4.79 Å². The van der Waals surface area contributed by atoms with Gasteiger partial charge in [-0.1, -0.05) is 53.9 Å². The van der Waals surface area contributed by atoms with Gasteiger partial charge in [-0.2, -0.15) is 0 Å². The summed E-state index contributed by atoms with van der Waals surface area (Å²) in [5, 5.41) is 23.9. The quantitative estimate of drug-likeness (QED) is 0.134. The Labute approximate surface area is 283 Å². The summed E-state index contributed by atoms with van der Waals surface area (Å²) in [4.78, 5) is 31.3. The number of nitrogens with zero attached hydrogens (tertiary/aromatic N) is 2. The van der Waals surface area contributed by atoms with Gasteiger partial charge in [-0.15, -0.1) is 0 Å². The van der Waals surface area contributed by atoms with Gasteiger partial charge < -0.3 is 34.6 Å². The van der Waals surface area contributed by atoms with Crippen molar-refractivity contribution in [2.75, 3.05) is 26.9 Å². The lowest BCUT2D eigenvalue weighted by molar-refractivity contribution is -0.136. The predicted octanol–water partition coefficient (Wildman–Crippen LogP) is 7.23. The molecule has 0 aliphatic heterocycles. The first kappa shape index (κ1) is 35.4. The molecular formula is C33H38Cl3N3O7. The molecule has 1 heterocycles. The summed E-state index contributed by atoms with van der Waals surface area (Å²) in [5.74, 6) is -0.0495. The Kier molecular flexibility index (Phi) is 12.6. The van der Waals surface area contributed by atoms with Crippen molar-refractivity contribution in [1.29, 1.82) is 0 Å². The molecule has 1 aliphatic carbocycles. The highest BCUT2D eigenvalue weighted by atomic mass is 35.5. The smallest absolute Gasteiger partial charge is 0.404 e. The summed E-state index contributed by atoms with van der Waals surface area (Å²) in [6, 6.07) is 10.7. The maximum absolute atomic E-state index is 14.0. The van der Waals surface area contributed by atoms with E-state index in [1.54, 1.807) is 29.2 Å². The van der Waals surface area contributed by atoms with Gasteiger partial charge in [-0.05, 0) is 68.0 Å². The highest BCUT2D eigenvalue weighted by Crippen LogP contribution is 2.38. The Balaban J connectivity index is 1.43. The maximum Gasteiger partial charge on any atom is 0.404 e. The molecule has 10 nitrogen and oxygen atoms in total. The van der Waals surface area contributed by atoms with Crippen LogP contribution in [-0.4, -0.2) is 65.0 Å². The number of pyridine rings is 1. The van der Waals surface area contributed by atoms with Gasteiger partial charge in [0.05, 0.1) is 27.5 Å². The third-order valence-electron chi connectivity index (χ3n) is 7.69. The predicted molar refractivity (Wildman–Crippen MR) is 176 cm³/mol. The number of hydrogen-bond acceptors (Lipinski definition) is 7. The second-order valence-electron chi connectivity index (χ2n) is 11.1. The van der Waals surface area contributed by atoms with E-state index < -0.39 is 18.1 Å². The second-order valence-corrected chi connectivity index (χ2v) is 12.4. The van der Waals surface area contributed by atoms with Gasteiger partial charge in [0.2, 0.25) is 5.91 Å². The van der Waals surface area contributed by atoms with Crippen LogP contribution in [0.1, 0.15) is 54.7 Å². The van der Waals surface area contributed by atoms with Crippen molar-refractivity contribution in [3.05, 3.63) is 80.0 Å². The molecule has 3 N–H and O–H groups in total. The summed E-state index contributed by atoms with van der Waals surface area (Å²) >= 11 is 18.9. The van der Waals surface area contributed by atoms with Crippen LogP contribution in [-0.2, 0) is 22.5 Å². The molecule has 46 heavy (non-hydrogen) atoms. The van der Waals surface area contributed by atoms with Crippen LogP contribution in [0.2, 0.25) is 15.1 Å². The lowest BCUT2D eigenvalue weighted by Gasteiger charge is -2.29. The third kappa shape index (κ3) is 9.31. The summed E-state index contributed by atoms with van der Waals surface area (Å²) in [5.41, 5.74) is 2.49. The number of methoxy groups -OCH3 is 1. The molecular weight excluding hydrogens is 657 g/mol. The molecule has 0 bridgehead atoms. The van der Waals surface area contributed by atoms with Crippen LogP contribution in [0.5, 0.6) is 17.2 Å². The number of amides is 2. The van der Waals surface area contributed by atoms with Crippen LogP contribution in [0.25, 0.3) is 0 Å². The van der Waals surface area contributed by atoms with E-state index in [9.17, 15) is 19.8 Å². The number of rotatable bonds is 16. The van der Waals surface area contributed by atoms with Crippen molar-refractivity contribution in [2.24, 2.45) is 5.92 Å². The van der Waals surface area contributed by atoms with Gasteiger partial charge in [0, 0.05) is 31.5 Å². The molecule has 1 fully saturated rings. The van der Waals surface area contributed by atoms with E-state index in [1.807, 2.05) is 26.0 Å².